The molecule has 0 aliphatic carbocycles. The van der Waals surface area contributed by atoms with Crippen LogP contribution >= 0.6 is 0 Å². The third-order valence-electron chi connectivity index (χ3n) is 5.95. The van der Waals surface area contributed by atoms with Crippen LogP contribution in [0.1, 0.15) is 35.3 Å². The second kappa shape index (κ2) is 9.50. The number of hydrogen-bond acceptors (Lipinski definition) is 5. The van der Waals surface area contributed by atoms with Crippen molar-refractivity contribution in [2.45, 2.75) is 45.4 Å². The van der Waals surface area contributed by atoms with Crippen LogP contribution in [0.5, 0.6) is 0 Å². The molecule has 8 nitrogen and oxygen atoms in total. The molecule has 2 aromatic heterocycles. The summed E-state index contributed by atoms with van der Waals surface area (Å²) in [6.45, 7) is 7.62. The number of nitrogens with zero attached hydrogens (tertiary/aromatic N) is 4. The van der Waals surface area contributed by atoms with E-state index in [1.54, 1.807) is 12.1 Å². The first-order valence-electron chi connectivity index (χ1n) is 11.4. The molecule has 35 heavy (non-hydrogen) atoms. The summed E-state index contributed by atoms with van der Waals surface area (Å²) in [7, 11) is -4.16. The van der Waals surface area contributed by atoms with Crippen molar-refractivity contribution in [1.29, 1.82) is 0 Å². The number of imidazole rings is 1. The van der Waals surface area contributed by atoms with Gasteiger partial charge < -0.3 is 5.11 Å². The Kier molecular flexibility index (Phi) is 6.62. The number of pyridine rings is 1. The van der Waals surface area contributed by atoms with E-state index < -0.39 is 16.1 Å². The predicted octanol–water partition coefficient (Wildman–Crippen LogP) is 4.82. The van der Waals surface area contributed by atoms with Gasteiger partial charge in [0.25, 0.3) is 10.0 Å². The molecular weight excluding hydrogens is 464 g/mol. The first kappa shape index (κ1) is 24.4. The third kappa shape index (κ3) is 4.77. The van der Waals surface area contributed by atoms with Crippen LogP contribution in [-0.4, -0.2) is 45.0 Å². The lowest BCUT2D eigenvalue weighted by Crippen LogP contribution is -2.37. The first-order valence-corrected chi connectivity index (χ1v) is 12.8. The Bertz CT molecular complexity index is 1490. The van der Waals surface area contributed by atoms with Gasteiger partial charge in [-0.05, 0) is 63.1 Å². The van der Waals surface area contributed by atoms with Gasteiger partial charge in [0, 0.05) is 24.3 Å². The molecule has 1 amide bonds. The van der Waals surface area contributed by atoms with E-state index in [-0.39, 0.29) is 17.9 Å². The molecular formula is C26H28N4O4S. The number of benzene rings is 2. The van der Waals surface area contributed by atoms with E-state index in [4.69, 9.17) is 4.98 Å². The normalized spacial score (nSPS) is 11.7. The summed E-state index contributed by atoms with van der Waals surface area (Å²) < 4.78 is 28.4. The Labute approximate surface area is 204 Å². The highest BCUT2D eigenvalue weighted by atomic mass is 32.2. The van der Waals surface area contributed by atoms with Crippen LogP contribution in [0.3, 0.4) is 0 Å². The number of carbonyl (C=O) groups is 1. The highest BCUT2D eigenvalue weighted by Crippen LogP contribution is 2.25. The van der Waals surface area contributed by atoms with E-state index in [2.05, 4.69) is 16.5 Å². The number of hydrogen-bond donors (Lipinski definition) is 1. The first-order chi connectivity index (χ1) is 16.6. The zero-order valence-corrected chi connectivity index (χ0v) is 21.0. The minimum Gasteiger partial charge on any atom is -0.464 e. The minimum absolute atomic E-state index is 0.0417. The maximum Gasteiger partial charge on any atom is 0.421 e. The fraction of sp³-hybridized carbons (Fsp3) is 0.269. The van der Waals surface area contributed by atoms with Crippen LogP contribution in [0.2, 0.25) is 0 Å². The van der Waals surface area contributed by atoms with Gasteiger partial charge in [0.2, 0.25) is 0 Å². The minimum atomic E-state index is -4.16. The number of amides is 1. The van der Waals surface area contributed by atoms with Crippen molar-refractivity contribution in [3.05, 3.63) is 82.9 Å². The molecule has 0 aliphatic heterocycles. The average Bonchev–Trinajstić information content (AvgIpc) is 3.18. The molecule has 0 radical (unpaired) electrons. The van der Waals surface area contributed by atoms with Crippen molar-refractivity contribution >= 4 is 27.1 Å². The van der Waals surface area contributed by atoms with Crippen LogP contribution < -0.4 is 0 Å². The summed E-state index contributed by atoms with van der Waals surface area (Å²) in [5.74, 6) is 0.921. The molecule has 1 N–H and O–H groups in total. The molecule has 2 aromatic carbocycles. The molecule has 4 aromatic rings. The standard InChI is InChI=1S/C26H28N4O4S/c1-5-24-28-25-19(4)27-18(3)16-23(25)30(24)21-10-8-20(9-11-21)14-15-29(26(31)32)35(33,34)22-12-6-17(2)7-13-22/h6-13,16H,5,14-15H2,1-4H3,(H,31,32). The molecule has 0 aliphatic rings. The number of aryl methyl sites for hydroxylation is 4. The quantitative estimate of drug-likeness (QED) is 0.397. The summed E-state index contributed by atoms with van der Waals surface area (Å²) in [5, 5.41) is 9.61. The predicted molar refractivity (Wildman–Crippen MR) is 135 cm³/mol. The van der Waals surface area contributed by atoms with E-state index in [0.717, 1.165) is 51.5 Å². The Morgan fingerprint density at radius 3 is 2.26 bits per heavy atom. The maximum atomic E-state index is 12.9. The fourth-order valence-corrected chi connectivity index (χ4v) is 5.42. The smallest absolute Gasteiger partial charge is 0.421 e. The number of rotatable bonds is 7. The lowest BCUT2D eigenvalue weighted by molar-refractivity contribution is 0.172. The topological polar surface area (TPSA) is 105 Å². The highest BCUT2D eigenvalue weighted by molar-refractivity contribution is 7.89. The van der Waals surface area contributed by atoms with E-state index in [1.807, 2.05) is 51.1 Å². The largest absolute Gasteiger partial charge is 0.464 e. The Hall–Kier alpha value is -3.72. The molecule has 182 valence electrons. The van der Waals surface area contributed by atoms with Crippen molar-refractivity contribution in [2.75, 3.05) is 6.54 Å². The summed E-state index contributed by atoms with van der Waals surface area (Å²) in [5.41, 5.74) is 6.31. The second-order valence-corrected chi connectivity index (χ2v) is 10.4. The van der Waals surface area contributed by atoms with Gasteiger partial charge in [-0.3, -0.25) is 9.55 Å². The molecule has 2 heterocycles. The van der Waals surface area contributed by atoms with Gasteiger partial charge in [0.15, 0.2) is 0 Å². The van der Waals surface area contributed by atoms with Crippen molar-refractivity contribution in [3.8, 4) is 5.69 Å². The van der Waals surface area contributed by atoms with Crippen molar-refractivity contribution in [3.63, 3.8) is 0 Å². The zero-order chi connectivity index (χ0) is 25.3. The summed E-state index contributed by atoms with van der Waals surface area (Å²) in [4.78, 5) is 21.1. The van der Waals surface area contributed by atoms with Crippen molar-refractivity contribution in [1.82, 2.24) is 18.8 Å². The van der Waals surface area contributed by atoms with Crippen LogP contribution in [0.25, 0.3) is 16.7 Å². The van der Waals surface area contributed by atoms with Crippen LogP contribution in [0.15, 0.2) is 59.5 Å². The van der Waals surface area contributed by atoms with E-state index in [9.17, 15) is 18.3 Å². The number of sulfonamides is 1. The van der Waals surface area contributed by atoms with Gasteiger partial charge in [0.05, 0.1) is 16.1 Å². The van der Waals surface area contributed by atoms with Crippen molar-refractivity contribution in [2.24, 2.45) is 0 Å². The third-order valence-corrected chi connectivity index (χ3v) is 7.74. The Balaban J connectivity index is 1.59. The van der Waals surface area contributed by atoms with Gasteiger partial charge in [-0.1, -0.05) is 36.8 Å². The summed E-state index contributed by atoms with van der Waals surface area (Å²) in [6.07, 6.45) is -0.496. The highest BCUT2D eigenvalue weighted by Gasteiger charge is 2.28. The SMILES string of the molecule is CCc1nc2c(C)nc(C)cc2n1-c1ccc(CCN(C(=O)O)S(=O)(=O)c2ccc(C)cc2)cc1. The monoisotopic (exact) mass is 492 g/mol. The van der Waals surface area contributed by atoms with Crippen LogP contribution in [-0.2, 0) is 22.9 Å². The van der Waals surface area contributed by atoms with Gasteiger partial charge in [-0.15, -0.1) is 0 Å². The Morgan fingerprint density at radius 1 is 1.00 bits per heavy atom. The zero-order valence-electron chi connectivity index (χ0n) is 20.2. The molecule has 0 atom stereocenters. The fourth-order valence-electron chi connectivity index (χ4n) is 4.15. The van der Waals surface area contributed by atoms with E-state index in [0.29, 0.717) is 4.31 Å². The summed E-state index contributed by atoms with van der Waals surface area (Å²) in [6, 6.07) is 15.8. The lowest BCUT2D eigenvalue weighted by atomic mass is 10.1. The van der Waals surface area contributed by atoms with Crippen LogP contribution in [0, 0.1) is 20.8 Å². The molecule has 0 spiro atoms. The van der Waals surface area contributed by atoms with Gasteiger partial charge >= 0.3 is 6.09 Å². The molecule has 0 saturated heterocycles. The molecule has 0 unspecified atom stereocenters. The number of fused-ring (bicyclic) bond motifs is 1. The Morgan fingerprint density at radius 2 is 1.66 bits per heavy atom. The molecule has 4 rings (SSSR count). The molecule has 0 fully saturated rings. The molecule has 9 heteroatoms. The van der Waals surface area contributed by atoms with Crippen molar-refractivity contribution < 1.29 is 18.3 Å². The molecule has 0 bridgehead atoms. The maximum absolute atomic E-state index is 12.9. The number of aromatic nitrogens is 3. The lowest BCUT2D eigenvalue weighted by Gasteiger charge is -2.19. The average molecular weight is 493 g/mol. The van der Waals surface area contributed by atoms with Gasteiger partial charge in [-0.25, -0.2) is 22.5 Å². The molecule has 0 saturated carbocycles. The summed E-state index contributed by atoms with van der Waals surface area (Å²) >= 11 is 0. The van der Waals surface area contributed by atoms with E-state index >= 15 is 0 Å². The van der Waals surface area contributed by atoms with Crippen LogP contribution in [0.4, 0.5) is 4.79 Å². The van der Waals surface area contributed by atoms with Gasteiger partial charge in [-0.2, -0.15) is 0 Å². The second-order valence-electron chi connectivity index (χ2n) is 8.52. The van der Waals surface area contributed by atoms with E-state index in [1.165, 1.54) is 12.1 Å². The number of carboxylic acid groups (broad SMARTS) is 1. The van der Waals surface area contributed by atoms with Gasteiger partial charge in [0.1, 0.15) is 11.3 Å².